The fourth-order valence-corrected chi connectivity index (χ4v) is 3.66. The Morgan fingerprint density at radius 3 is 2.44 bits per heavy atom. The molecular formula is C23H32ClN5O2S. The maximum absolute atomic E-state index is 9.05. The molecule has 1 aromatic carbocycles. The molecule has 2 aromatic heterocycles. The minimum atomic E-state index is -0.0505. The molecule has 3 rings (SSSR count). The van der Waals surface area contributed by atoms with Crippen LogP contribution in [0, 0.1) is 13.8 Å². The summed E-state index contributed by atoms with van der Waals surface area (Å²) in [4.78, 5) is 15.6. The Balaban J connectivity index is 0.00000363. The molecular weight excluding hydrogens is 446 g/mol. The standard InChI is InChI=1S/C23H31N5O2S.ClH/c1-15-12-19(16(2)11-17(15)7-8-28(6)9-10-29)30-22-26-21(27-31-22)18-13-25-20(14-24-18)23(3,4)5;/h11-14,29H,7-10H2,1-6H3;1H. The van der Waals surface area contributed by atoms with Crippen molar-refractivity contribution in [2.75, 3.05) is 26.7 Å². The van der Waals surface area contributed by atoms with E-state index in [1.807, 2.05) is 14.0 Å². The van der Waals surface area contributed by atoms with Crippen LogP contribution in [0.15, 0.2) is 24.5 Å². The topological polar surface area (TPSA) is 84.3 Å². The summed E-state index contributed by atoms with van der Waals surface area (Å²) in [6.07, 6.45) is 4.42. The zero-order valence-corrected chi connectivity index (χ0v) is 21.2. The molecule has 0 radical (unpaired) electrons. The van der Waals surface area contributed by atoms with Gasteiger partial charge in [0, 0.05) is 36.2 Å². The van der Waals surface area contributed by atoms with Crippen LogP contribution in [0.4, 0.5) is 0 Å². The van der Waals surface area contributed by atoms with Crippen molar-refractivity contribution in [3.8, 4) is 22.5 Å². The fourth-order valence-electron chi connectivity index (χ4n) is 3.10. The van der Waals surface area contributed by atoms with E-state index in [0.29, 0.717) is 23.3 Å². The monoisotopic (exact) mass is 477 g/mol. The SMILES string of the molecule is Cc1cc(Oc2nc(-c3cnc(C(C)(C)C)cn3)ns2)c(C)cc1CCN(C)CCO.Cl. The Morgan fingerprint density at radius 2 is 1.81 bits per heavy atom. The van der Waals surface area contributed by atoms with E-state index < -0.39 is 0 Å². The highest BCUT2D eigenvalue weighted by atomic mass is 35.5. The molecule has 32 heavy (non-hydrogen) atoms. The first-order chi connectivity index (χ1) is 14.7. The van der Waals surface area contributed by atoms with Gasteiger partial charge in [0.05, 0.1) is 18.5 Å². The van der Waals surface area contributed by atoms with Gasteiger partial charge in [-0.2, -0.15) is 9.36 Å². The summed E-state index contributed by atoms with van der Waals surface area (Å²) in [5.41, 5.74) is 5.01. The Hall–Kier alpha value is -2.13. The molecule has 0 aliphatic rings. The summed E-state index contributed by atoms with van der Waals surface area (Å²) in [7, 11) is 2.02. The van der Waals surface area contributed by atoms with E-state index in [0.717, 1.165) is 30.0 Å². The molecule has 2 heterocycles. The number of halogens is 1. The lowest BCUT2D eigenvalue weighted by molar-refractivity contribution is 0.223. The van der Waals surface area contributed by atoms with Crippen molar-refractivity contribution >= 4 is 23.9 Å². The molecule has 3 aromatic rings. The van der Waals surface area contributed by atoms with Crippen molar-refractivity contribution in [2.24, 2.45) is 0 Å². The number of ether oxygens (including phenoxy) is 1. The van der Waals surface area contributed by atoms with E-state index in [1.54, 1.807) is 12.4 Å². The molecule has 9 heteroatoms. The number of likely N-dealkylation sites (N-methyl/N-ethyl adjacent to an activating group) is 1. The maximum atomic E-state index is 9.05. The fraction of sp³-hybridized carbons (Fsp3) is 0.478. The third-order valence-corrected chi connectivity index (χ3v) is 5.73. The Kier molecular flexibility index (Phi) is 9.09. The molecule has 0 saturated carbocycles. The van der Waals surface area contributed by atoms with Crippen molar-refractivity contribution in [1.29, 1.82) is 0 Å². The number of rotatable bonds is 8. The van der Waals surface area contributed by atoms with Crippen LogP contribution >= 0.6 is 23.9 Å². The van der Waals surface area contributed by atoms with Crippen LogP contribution in [-0.4, -0.2) is 56.1 Å². The summed E-state index contributed by atoms with van der Waals surface area (Å²) in [5, 5.41) is 9.53. The number of hydrogen-bond acceptors (Lipinski definition) is 8. The number of aliphatic hydroxyl groups is 1. The van der Waals surface area contributed by atoms with Gasteiger partial charge in [-0.15, -0.1) is 12.4 Å². The van der Waals surface area contributed by atoms with Crippen LogP contribution in [0.1, 0.15) is 43.2 Å². The van der Waals surface area contributed by atoms with Gasteiger partial charge in [-0.1, -0.05) is 26.8 Å². The van der Waals surface area contributed by atoms with Crippen molar-refractivity contribution in [1.82, 2.24) is 24.2 Å². The van der Waals surface area contributed by atoms with E-state index in [4.69, 9.17) is 9.84 Å². The zero-order chi connectivity index (χ0) is 22.6. The first kappa shape index (κ1) is 26.1. The summed E-state index contributed by atoms with van der Waals surface area (Å²) < 4.78 is 10.4. The van der Waals surface area contributed by atoms with Gasteiger partial charge in [-0.05, 0) is 50.1 Å². The minimum Gasteiger partial charge on any atom is -0.430 e. The van der Waals surface area contributed by atoms with Gasteiger partial charge in [-0.25, -0.2) is 4.98 Å². The van der Waals surface area contributed by atoms with Crippen molar-refractivity contribution < 1.29 is 9.84 Å². The summed E-state index contributed by atoms with van der Waals surface area (Å²) in [6.45, 7) is 12.2. The van der Waals surface area contributed by atoms with E-state index in [-0.39, 0.29) is 24.4 Å². The highest BCUT2D eigenvalue weighted by Crippen LogP contribution is 2.31. The Morgan fingerprint density at radius 1 is 1.06 bits per heavy atom. The van der Waals surface area contributed by atoms with E-state index in [2.05, 4.69) is 64.1 Å². The number of nitrogens with zero attached hydrogens (tertiary/aromatic N) is 5. The van der Waals surface area contributed by atoms with Crippen LogP contribution in [-0.2, 0) is 11.8 Å². The minimum absolute atomic E-state index is 0. The maximum Gasteiger partial charge on any atom is 0.299 e. The second-order valence-electron chi connectivity index (χ2n) is 8.84. The van der Waals surface area contributed by atoms with Crippen molar-refractivity contribution in [3.05, 3.63) is 46.9 Å². The first-order valence-electron chi connectivity index (χ1n) is 10.4. The molecule has 0 unspecified atom stereocenters. The molecule has 0 atom stereocenters. The third kappa shape index (κ3) is 6.68. The third-order valence-electron chi connectivity index (χ3n) is 5.13. The summed E-state index contributed by atoms with van der Waals surface area (Å²) >= 11 is 1.21. The van der Waals surface area contributed by atoms with Crippen LogP contribution in [0.25, 0.3) is 11.5 Å². The molecule has 0 fully saturated rings. The van der Waals surface area contributed by atoms with E-state index in [9.17, 15) is 0 Å². The van der Waals surface area contributed by atoms with Gasteiger partial charge in [0.15, 0.2) is 5.82 Å². The lowest BCUT2D eigenvalue weighted by atomic mass is 9.93. The van der Waals surface area contributed by atoms with E-state index >= 15 is 0 Å². The molecule has 0 aliphatic heterocycles. The number of hydrogen-bond donors (Lipinski definition) is 1. The highest BCUT2D eigenvalue weighted by molar-refractivity contribution is 7.07. The second kappa shape index (κ2) is 11.1. The molecule has 0 aliphatic carbocycles. The number of benzene rings is 1. The number of aromatic nitrogens is 4. The average Bonchev–Trinajstić information content (AvgIpc) is 3.18. The second-order valence-corrected chi connectivity index (χ2v) is 9.56. The zero-order valence-electron chi connectivity index (χ0n) is 19.5. The Bertz CT molecular complexity index is 1020. The molecule has 0 amide bonds. The van der Waals surface area contributed by atoms with Crippen LogP contribution < -0.4 is 4.74 Å². The van der Waals surface area contributed by atoms with Crippen LogP contribution in [0.5, 0.6) is 10.9 Å². The number of aliphatic hydroxyl groups excluding tert-OH is 1. The average molecular weight is 478 g/mol. The molecule has 174 valence electrons. The van der Waals surface area contributed by atoms with Crippen LogP contribution in [0.3, 0.4) is 0 Å². The first-order valence-corrected chi connectivity index (χ1v) is 11.2. The van der Waals surface area contributed by atoms with Crippen molar-refractivity contribution in [2.45, 2.75) is 46.5 Å². The normalized spacial score (nSPS) is 11.5. The molecule has 1 N–H and O–H groups in total. The van der Waals surface area contributed by atoms with Gasteiger partial charge < -0.3 is 14.7 Å². The van der Waals surface area contributed by atoms with Gasteiger partial charge in [-0.3, -0.25) is 4.98 Å². The molecule has 0 saturated heterocycles. The predicted octanol–water partition coefficient (Wildman–Crippen LogP) is 4.59. The lowest BCUT2D eigenvalue weighted by Gasteiger charge is -2.17. The van der Waals surface area contributed by atoms with Crippen molar-refractivity contribution in [3.63, 3.8) is 0 Å². The quantitative estimate of drug-likeness (QED) is 0.507. The largest absolute Gasteiger partial charge is 0.430 e. The van der Waals surface area contributed by atoms with Gasteiger partial charge in [0.1, 0.15) is 11.4 Å². The molecule has 7 nitrogen and oxygen atoms in total. The van der Waals surface area contributed by atoms with Crippen LogP contribution in [0.2, 0.25) is 0 Å². The summed E-state index contributed by atoms with van der Waals surface area (Å²) in [5.74, 6) is 1.30. The van der Waals surface area contributed by atoms with Gasteiger partial charge in [0.2, 0.25) is 0 Å². The van der Waals surface area contributed by atoms with E-state index in [1.165, 1.54) is 22.7 Å². The number of aryl methyl sites for hydroxylation is 2. The lowest BCUT2D eigenvalue weighted by Crippen LogP contribution is -2.24. The molecule has 0 bridgehead atoms. The summed E-state index contributed by atoms with van der Waals surface area (Å²) in [6, 6.07) is 4.21. The Labute approximate surface area is 200 Å². The molecule has 0 spiro atoms. The smallest absolute Gasteiger partial charge is 0.299 e. The predicted molar refractivity (Wildman–Crippen MR) is 131 cm³/mol. The van der Waals surface area contributed by atoms with Gasteiger partial charge >= 0.3 is 0 Å². The van der Waals surface area contributed by atoms with Gasteiger partial charge in [0.25, 0.3) is 5.19 Å². The highest BCUT2D eigenvalue weighted by Gasteiger charge is 2.17.